The van der Waals surface area contributed by atoms with Gasteiger partial charge in [0, 0.05) is 18.5 Å². The molecule has 2 fully saturated rings. The van der Waals surface area contributed by atoms with Crippen molar-refractivity contribution in [3.63, 3.8) is 0 Å². The van der Waals surface area contributed by atoms with Crippen LogP contribution in [0.2, 0.25) is 0 Å². The molecule has 2 aliphatic rings. The fourth-order valence-electron chi connectivity index (χ4n) is 3.77. The maximum absolute atomic E-state index is 5.85. The van der Waals surface area contributed by atoms with Crippen molar-refractivity contribution in [3.05, 3.63) is 46.2 Å². The van der Waals surface area contributed by atoms with Crippen molar-refractivity contribution in [2.24, 2.45) is 11.7 Å². The smallest absolute Gasteiger partial charge is 0.0649 e. The van der Waals surface area contributed by atoms with Gasteiger partial charge in [-0.2, -0.15) is 5.10 Å². The predicted octanol–water partition coefficient (Wildman–Crippen LogP) is 3.46. The lowest BCUT2D eigenvalue weighted by Crippen LogP contribution is -2.20. The third kappa shape index (κ3) is 2.86. The number of likely N-dealkylation sites (tertiary alicyclic amines) is 1. The molecule has 1 aromatic heterocycles. The minimum atomic E-state index is 0.491. The normalized spacial score (nSPS) is 25.2. The van der Waals surface area contributed by atoms with E-state index in [9.17, 15) is 0 Å². The second-order valence-electron chi connectivity index (χ2n) is 6.95. The molecule has 2 unspecified atom stereocenters. The molecule has 1 saturated heterocycles. The van der Waals surface area contributed by atoms with Crippen LogP contribution in [0.15, 0.2) is 34.9 Å². The Balaban J connectivity index is 1.59. The summed E-state index contributed by atoms with van der Waals surface area (Å²) in [6, 6.07) is 9.39. The lowest BCUT2D eigenvalue weighted by Gasteiger charge is -2.20. The first-order valence-corrected chi connectivity index (χ1v) is 9.20. The quantitative estimate of drug-likeness (QED) is 0.890. The second-order valence-corrected chi connectivity index (χ2v) is 7.80. The summed E-state index contributed by atoms with van der Waals surface area (Å²) in [5.74, 6) is 1.28. The Hall–Kier alpha value is -1.17. The van der Waals surface area contributed by atoms with Gasteiger partial charge in [-0.05, 0) is 72.4 Å². The molecular weight excluding hydrogens is 352 g/mol. The number of benzene rings is 1. The number of hydrogen-bond acceptors (Lipinski definition) is 3. The SMILES string of the molecule is CN1CC(CN)CC1c1ccc(-n2ncc(Br)c2C2CC2)cc1. The molecule has 1 aliphatic carbocycles. The zero-order chi connectivity index (χ0) is 16.0. The fraction of sp³-hybridized carbons (Fsp3) is 0.500. The fourth-order valence-corrected chi connectivity index (χ4v) is 4.36. The molecule has 5 heteroatoms. The molecule has 1 aromatic carbocycles. The molecule has 23 heavy (non-hydrogen) atoms. The van der Waals surface area contributed by atoms with E-state index >= 15 is 0 Å². The van der Waals surface area contributed by atoms with Gasteiger partial charge in [-0.3, -0.25) is 4.90 Å². The van der Waals surface area contributed by atoms with Crippen molar-refractivity contribution < 1.29 is 0 Å². The van der Waals surface area contributed by atoms with E-state index < -0.39 is 0 Å². The second kappa shape index (κ2) is 6.04. The third-order valence-corrected chi connectivity index (χ3v) is 5.83. The monoisotopic (exact) mass is 374 g/mol. The number of nitrogens with zero attached hydrogens (tertiary/aromatic N) is 3. The summed E-state index contributed by atoms with van der Waals surface area (Å²) < 4.78 is 3.22. The molecule has 0 spiro atoms. The molecule has 0 bridgehead atoms. The highest BCUT2D eigenvalue weighted by molar-refractivity contribution is 9.10. The highest BCUT2D eigenvalue weighted by Crippen LogP contribution is 2.44. The molecule has 1 saturated carbocycles. The molecule has 2 atom stereocenters. The van der Waals surface area contributed by atoms with Gasteiger partial charge in [-0.1, -0.05) is 12.1 Å². The summed E-state index contributed by atoms with van der Waals surface area (Å²) in [5.41, 5.74) is 9.70. The number of rotatable bonds is 4. The zero-order valence-corrected chi connectivity index (χ0v) is 15.0. The summed E-state index contributed by atoms with van der Waals surface area (Å²) in [4.78, 5) is 2.42. The van der Waals surface area contributed by atoms with Crippen LogP contribution in [0, 0.1) is 5.92 Å². The Morgan fingerprint density at radius 1 is 1.26 bits per heavy atom. The first-order chi connectivity index (χ1) is 11.2. The molecule has 1 aliphatic heterocycles. The molecular formula is C18H23BrN4. The number of aromatic nitrogens is 2. The lowest BCUT2D eigenvalue weighted by molar-refractivity contribution is 0.313. The van der Waals surface area contributed by atoms with E-state index in [1.54, 1.807) is 0 Å². The van der Waals surface area contributed by atoms with Gasteiger partial charge in [0.05, 0.1) is 22.1 Å². The highest BCUT2D eigenvalue weighted by Gasteiger charge is 2.31. The summed E-state index contributed by atoms with van der Waals surface area (Å²) in [6.07, 6.45) is 5.62. The molecule has 2 heterocycles. The van der Waals surface area contributed by atoms with Crippen molar-refractivity contribution in [2.45, 2.75) is 31.2 Å². The van der Waals surface area contributed by atoms with Crippen molar-refractivity contribution in [2.75, 3.05) is 20.1 Å². The minimum absolute atomic E-state index is 0.491. The number of hydrogen-bond donors (Lipinski definition) is 1. The van der Waals surface area contributed by atoms with E-state index in [1.165, 1.54) is 24.1 Å². The number of halogens is 1. The molecule has 0 radical (unpaired) electrons. The molecule has 2 aromatic rings. The highest BCUT2D eigenvalue weighted by atomic mass is 79.9. The third-order valence-electron chi connectivity index (χ3n) is 5.21. The molecule has 4 nitrogen and oxygen atoms in total. The maximum Gasteiger partial charge on any atom is 0.0649 e. The average molecular weight is 375 g/mol. The van der Waals surface area contributed by atoms with Gasteiger partial charge < -0.3 is 5.73 Å². The van der Waals surface area contributed by atoms with Gasteiger partial charge in [0.2, 0.25) is 0 Å². The average Bonchev–Trinajstić information content (AvgIpc) is 3.22. The van der Waals surface area contributed by atoms with Gasteiger partial charge in [0.25, 0.3) is 0 Å². The minimum Gasteiger partial charge on any atom is -0.330 e. The Kier molecular flexibility index (Phi) is 4.03. The first-order valence-electron chi connectivity index (χ1n) is 8.41. The summed E-state index contributed by atoms with van der Waals surface area (Å²) in [7, 11) is 2.20. The van der Waals surface area contributed by atoms with Crippen LogP contribution in [0.4, 0.5) is 0 Å². The van der Waals surface area contributed by atoms with E-state index in [0.717, 1.165) is 29.7 Å². The Morgan fingerprint density at radius 2 is 2.00 bits per heavy atom. The van der Waals surface area contributed by atoms with Crippen LogP contribution in [0.25, 0.3) is 5.69 Å². The lowest BCUT2D eigenvalue weighted by atomic mass is 10.00. The Morgan fingerprint density at radius 3 is 2.61 bits per heavy atom. The number of nitrogens with two attached hydrogens (primary N) is 1. The van der Waals surface area contributed by atoms with Crippen molar-refractivity contribution in [3.8, 4) is 5.69 Å². The van der Waals surface area contributed by atoms with Crippen LogP contribution in [0.3, 0.4) is 0 Å². The van der Waals surface area contributed by atoms with Crippen LogP contribution in [-0.2, 0) is 0 Å². The van der Waals surface area contributed by atoms with Gasteiger partial charge >= 0.3 is 0 Å². The molecule has 4 rings (SSSR count). The van der Waals surface area contributed by atoms with Crippen LogP contribution in [-0.4, -0.2) is 34.8 Å². The van der Waals surface area contributed by atoms with Crippen molar-refractivity contribution in [1.82, 2.24) is 14.7 Å². The Labute approximate surface area is 145 Å². The van der Waals surface area contributed by atoms with Crippen molar-refractivity contribution >= 4 is 15.9 Å². The summed E-state index contributed by atoms with van der Waals surface area (Å²) in [5, 5.41) is 4.56. The molecule has 122 valence electrons. The maximum atomic E-state index is 5.85. The summed E-state index contributed by atoms with van der Waals surface area (Å²) >= 11 is 3.64. The molecule has 2 N–H and O–H groups in total. The van der Waals surface area contributed by atoms with Crippen LogP contribution in [0.1, 0.15) is 42.5 Å². The van der Waals surface area contributed by atoms with Crippen LogP contribution < -0.4 is 5.73 Å². The van der Waals surface area contributed by atoms with Crippen molar-refractivity contribution in [1.29, 1.82) is 0 Å². The first kappa shape index (κ1) is 15.4. The topological polar surface area (TPSA) is 47.1 Å². The van der Waals surface area contributed by atoms with Gasteiger partial charge in [0.1, 0.15) is 0 Å². The Bertz CT molecular complexity index is 690. The predicted molar refractivity (Wildman–Crippen MR) is 95.8 cm³/mol. The van der Waals surface area contributed by atoms with Gasteiger partial charge in [-0.15, -0.1) is 0 Å². The van der Waals surface area contributed by atoms with E-state index in [4.69, 9.17) is 5.73 Å². The zero-order valence-electron chi connectivity index (χ0n) is 13.5. The van der Waals surface area contributed by atoms with E-state index in [-0.39, 0.29) is 0 Å². The standard InChI is InChI=1S/C18H23BrN4/c1-22-11-12(9-20)8-17(22)13-4-6-15(7-5-13)23-18(14-2-3-14)16(19)10-21-23/h4-7,10,12,14,17H,2-3,8-9,11,20H2,1H3. The van der Waals surface area contributed by atoms with Gasteiger partial charge in [0.15, 0.2) is 0 Å². The van der Waals surface area contributed by atoms with E-state index in [2.05, 4.69) is 61.9 Å². The van der Waals surface area contributed by atoms with Crippen LogP contribution >= 0.6 is 15.9 Å². The largest absolute Gasteiger partial charge is 0.330 e. The van der Waals surface area contributed by atoms with Gasteiger partial charge in [-0.25, -0.2) is 4.68 Å². The van der Waals surface area contributed by atoms with Crippen LogP contribution in [0.5, 0.6) is 0 Å². The summed E-state index contributed by atoms with van der Waals surface area (Å²) in [6.45, 7) is 1.88. The van der Waals surface area contributed by atoms with E-state index in [1.807, 2.05) is 6.20 Å². The molecule has 0 amide bonds. The van der Waals surface area contributed by atoms with E-state index in [0.29, 0.717) is 17.9 Å².